The first-order chi connectivity index (χ1) is 12.2. The molecule has 0 amide bonds. The van der Waals surface area contributed by atoms with Gasteiger partial charge >= 0.3 is 0 Å². The van der Waals surface area contributed by atoms with Crippen molar-refractivity contribution < 1.29 is 4.74 Å². The molecule has 1 fully saturated rings. The van der Waals surface area contributed by atoms with E-state index in [2.05, 4.69) is 59.6 Å². The highest BCUT2D eigenvalue weighted by molar-refractivity contribution is 5.27. The Bertz CT molecular complexity index is 618. The summed E-state index contributed by atoms with van der Waals surface area (Å²) in [5, 5.41) is 3.82. The Morgan fingerprint density at radius 3 is 2.32 bits per heavy atom. The van der Waals surface area contributed by atoms with E-state index in [4.69, 9.17) is 4.74 Å². The van der Waals surface area contributed by atoms with Crippen molar-refractivity contribution in [2.45, 2.75) is 44.8 Å². The number of hydrogen-bond acceptors (Lipinski definition) is 3. The number of nitrogens with zero attached hydrogens (tertiary/aromatic N) is 1. The number of hydrogen-bond donors (Lipinski definition) is 1. The molecule has 1 aliphatic heterocycles. The summed E-state index contributed by atoms with van der Waals surface area (Å²) in [6, 6.07) is 20.4. The van der Waals surface area contributed by atoms with Crippen LogP contribution in [0.5, 0.6) is 5.75 Å². The third kappa shape index (κ3) is 5.58. The van der Waals surface area contributed by atoms with Gasteiger partial charge in [-0.1, -0.05) is 42.5 Å². The van der Waals surface area contributed by atoms with Crippen LogP contribution in [0.3, 0.4) is 0 Å². The molecule has 3 heteroatoms. The van der Waals surface area contributed by atoms with Gasteiger partial charge in [0.05, 0.1) is 7.11 Å². The Kier molecular flexibility index (Phi) is 6.48. The molecule has 1 unspecified atom stereocenters. The van der Waals surface area contributed by atoms with E-state index in [1.54, 1.807) is 7.11 Å². The van der Waals surface area contributed by atoms with Gasteiger partial charge in [-0.05, 0) is 62.5 Å². The lowest BCUT2D eigenvalue weighted by Crippen LogP contribution is -2.45. The normalized spacial score (nSPS) is 17.4. The van der Waals surface area contributed by atoms with E-state index in [-0.39, 0.29) is 0 Å². The van der Waals surface area contributed by atoms with Crippen LogP contribution < -0.4 is 10.1 Å². The van der Waals surface area contributed by atoms with Gasteiger partial charge in [0.25, 0.3) is 0 Å². The Balaban J connectivity index is 1.40. The van der Waals surface area contributed by atoms with Crippen LogP contribution in [0.2, 0.25) is 0 Å². The quantitative estimate of drug-likeness (QED) is 0.829. The molecule has 0 radical (unpaired) electrons. The number of rotatable bonds is 7. The number of ether oxygens (including phenoxy) is 1. The lowest BCUT2D eigenvalue weighted by atomic mass is 10.0. The second-order valence-electron chi connectivity index (χ2n) is 7.16. The minimum atomic E-state index is 0.499. The summed E-state index contributed by atoms with van der Waals surface area (Å²) in [6.45, 7) is 5.74. The molecule has 1 heterocycles. The third-order valence-electron chi connectivity index (χ3n) is 5.06. The Morgan fingerprint density at radius 1 is 1.00 bits per heavy atom. The highest BCUT2D eigenvalue weighted by Crippen LogP contribution is 2.16. The topological polar surface area (TPSA) is 24.5 Å². The first-order valence-electron chi connectivity index (χ1n) is 9.38. The lowest BCUT2D eigenvalue weighted by molar-refractivity contribution is 0.185. The number of likely N-dealkylation sites (tertiary alicyclic amines) is 1. The van der Waals surface area contributed by atoms with Gasteiger partial charge in [0.15, 0.2) is 0 Å². The first kappa shape index (κ1) is 18.0. The molecule has 2 aromatic carbocycles. The molecular formula is C22H30N2O. The molecule has 0 aromatic heterocycles. The summed E-state index contributed by atoms with van der Waals surface area (Å²) in [5.74, 6) is 0.926. The van der Waals surface area contributed by atoms with Crippen LogP contribution in [-0.2, 0) is 13.0 Å². The Morgan fingerprint density at radius 2 is 1.68 bits per heavy atom. The first-order valence-corrected chi connectivity index (χ1v) is 9.38. The zero-order valence-corrected chi connectivity index (χ0v) is 15.4. The number of piperidine rings is 1. The fraction of sp³-hybridized carbons (Fsp3) is 0.455. The van der Waals surface area contributed by atoms with Gasteiger partial charge in [-0.3, -0.25) is 4.90 Å². The minimum Gasteiger partial charge on any atom is -0.497 e. The number of benzene rings is 2. The average Bonchev–Trinajstić information content (AvgIpc) is 2.65. The van der Waals surface area contributed by atoms with E-state index in [0.717, 1.165) is 18.7 Å². The van der Waals surface area contributed by atoms with Crippen LogP contribution in [-0.4, -0.2) is 37.2 Å². The van der Waals surface area contributed by atoms with Crippen molar-refractivity contribution in [3.8, 4) is 5.75 Å². The minimum absolute atomic E-state index is 0.499. The second kappa shape index (κ2) is 9.02. The third-order valence-corrected chi connectivity index (χ3v) is 5.06. The van der Waals surface area contributed by atoms with Crippen LogP contribution in [0, 0.1) is 0 Å². The molecule has 134 valence electrons. The predicted molar refractivity (Wildman–Crippen MR) is 104 cm³/mol. The zero-order chi connectivity index (χ0) is 17.5. The molecule has 1 atom stereocenters. The molecule has 0 aliphatic carbocycles. The van der Waals surface area contributed by atoms with Gasteiger partial charge in [-0.15, -0.1) is 0 Å². The molecule has 2 aromatic rings. The summed E-state index contributed by atoms with van der Waals surface area (Å²) in [6.07, 6.45) is 3.54. The number of methoxy groups -OCH3 is 1. The van der Waals surface area contributed by atoms with Gasteiger partial charge in [0, 0.05) is 18.6 Å². The van der Waals surface area contributed by atoms with Gasteiger partial charge < -0.3 is 10.1 Å². The van der Waals surface area contributed by atoms with E-state index < -0.39 is 0 Å². The van der Waals surface area contributed by atoms with Crippen molar-refractivity contribution in [2.24, 2.45) is 0 Å². The molecule has 0 bridgehead atoms. The van der Waals surface area contributed by atoms with Crippen LogP contribution in [0.4, 0.5) is 0 Å². The highest BCUT2D eigenvalue weighted by atomic mass is 16.5. The van der Waals surface area contributed by atoms with Gasteiger partial charge in [0.2, 0.25) is 0 Å². The van der Waals surface area contributed by atoms with Crippen LogP contribution in [0.25, 0.3) is 0 Å². The zero-order valence-electron chi connectivity index (χ0n) is 15.4. The van der Waals surface area contributed by atoms with Crippen molar-refractivity contribution in [3.63, 3.8) is 0 Å². The highest BCUT2D eigenvalue weighted by Gasteiger charge is 2.20. The van der Waals surface area contributed by atoms with Gasteiger partial charge in [0.1, 0.15) is 5.75 Å². The lowest BCUT2D eigenvalue weighted by Gasteiger charge is -2.34. The molecule has 1 aliphatic rings. The molecular weight excluding hydrogens is 308 g/mol. The second-order valence-corrected chi connectivity index (χ2v) is 7.16. The maximum atomic E-state index is 5.23. The summed E-state index contributed by atoms with van der Waals surface area (Å²) < 4.78 is 5.23. The Labute approximate surface area is 152 Å². The molecule has 25 heavy (non-hydrogen) atoms. The van der Waals surface area contributed by atoms with Crippen molar-refractivity contribution >= 4 is 0 Å². The molecule has 3 nitrogen and oxygen atoms in total. The predicted octanol–water partition coefficient (Wildman–Crippen LogP) is 3.88. The van der Waals surface area contributed by atoms with E-state index in [9.17, 15) is 0 Å². The monoisotopic (exact) mass is 338 g/mol. The van der Waals surface area contributed by atoms with Crippen molar-refractivity contribution in [1.29, 1.82) is 0 Å². The largest absolute Gasteiger partial charge is 0.497 e. The van der Waals surface area contributed by atoms with Crippen molar-refractivity contribution in [1.82, 2.24) is 10.2 Å². The standard InChI is InChI=1S/C22H30N2O/c1-18(16-19-8-10-22(25-2)11-9-19)23-21-12-14-24(15-13-21)17-20-6-4-3-5-7-20/h3-11,18,21,23H,12-17H2,1-2H3. The van der Waals surface area contributed by atoms with E-state index >= 15 is 0 Å². The summed E-state index contributed by atoms with van der Waals surface area (Å²) in [4.78, 5) is 2.57. The smallest absolute Gasteiger partial charge is 0.118 e. The molecule has 3 rings (SSSR count). The SMILES string of the molecule is COc1ccc(CC(C)NC2CCN(Cc3ccccc3)CC2)cc1. The average molecular weight is 338 g/mol. The van der Waals surface area contributed by atoms with Gasteiger partial charge in [-0.25, -0.2) is 0 Å². The summed E-state index contributed by atoms with van der Waals surface area (Å²) >= 11 is 0. The Hall–Kier alpha value is -1.84. The molecule has 1 saturated heterocycles. The molecule has 0 saturated carbocycles. The van der Waals surface area contributed by atoms with Crippen LogP contribution >= 0.6 is 0 Å². The van der Waals surface area contributed by atoms with E-state index in [1.807, 2.05) is 12.1 Å². The van der Waals surface area contributed by atoms with E-state index in [0.29, 0.717) is 12.1 Å². The fourth-order valence-electron chi connectivity index (χ4n) is 3.68. The summed E-state index contributed by atoms with van der Waals surface area (Å²) in [5.41, 5.74) is 2.78. The number of nitrogens with one attached hydrogen (secondary N) is 1. The van der Waals surface area contributed by atoms with Gasteiger partial charge in [-0.2, -0.15) is 0 Å². The van der Waals surface area contributed by atoms with Crippen molar-refractivity contribution in [3.05, 3.63) is 65.7 Å². The van der Waals surface area contributed by atoms with Crippen LogP contribution in [0.15, 0.2) is 54.6 Å². The summed E-state index contributed by atoms with van der Waals surface area (Å²) in [7, 11) is 1.71. The molecule has 0 spiro atoms. The maximum absolute atomic E-state index is 5.23. The maximum Gasteiger partial charge on any atom is 0.118 e. The van der Waals surface area contributed by atoms with E-state index in [1.165, 1.54) is 37.1 Å². The van der Waals surface area contributed by atoms with Crippen LogP contribution in [0.1, 0.15) is 30.9 Å². The van der Waals surface area contributed by atoms with Crippen molar-refractivity contribution in [2.75, 3.05) is 20.2 Å². The fourth-order valence-corrected chi connectivity index (χ4v) is 3.68. The molecule has 1 N–H and O–H groups in total.